The van der Waals surface area contributed by atoms with Crippen LogP contribution in [0.25, 0.3) is 16.6 Å². The summed E-state index contributed by atoms with van der Waals surface area (Å²) in [5.41, 5.74) is 2.65. The number of rotatable bonds is 15. The second-order valence-electron chi connectivity index (χ2n) is 18.8. The number of nitro groups is 1. The van der Waals surface area contributed by atoms with Gasteiger partial charge in [0.2, 0.25) is 5.91 Å². The number of ether oxygens (including phenoxy) is 2. The Balaban J connectivity index is 0.988. The number of sulfonamides is 1. The predicted molar refractivity (Wildman–Crippen MR) is 260 cm³/mol. The van der Waals surface area contributed by atoms with E-state index in [9.17, 15) is 41.3 Å². The summed E-state index contributed by atoms with van der Waals surface area (Å²) in [4.78, 5) is 50.9. The van der Waals surface area contributed by atoms with E-state index in [1.54, 1.807) is 35.4 Å². The minimum absolute atomic E-state index is 0.0117. The molecule has 16 nitrogen and oxygen atoms in total. The molecule has 4 heterocycles. The summed E-state index contributed by atoms with van der Waals surface area (Å²) in [7, 11) is -3.22. The van der Waals surface area contributed by atoms with Crippen molar-refractivity contribution in [2.75, 3.05) is 76.3 Å². The first-order valence-electron chi connectivity index (χ1n) is 22.9. The van der Waals surface area contributed by atoms with Gasteiger partial charge in [0.25, 0.3) is 21.6 Å². The second kappa shape index (κ2) is 20.6. The third kappa shape index (κ3) is 11.7. The van der Waals surface area contributed by atoms with Crippen molar-refractivity contribution in [1.29, 1.82) is 0 Å². The molecule has 372 valence electrons. The van der Waals surface area contributed by atoms with E-state index >= 15 is 0 Å². The number of amides is 2. The summed E-state index contributed by atoms with van der Waals surface area (Å²) in [5, 5.41) is 16.1. The molecule has 0 radical (unpaired) electrons. The van der Waals surface area contributed by atoms with Crippen LogP contribution in [0, 0.1) is 21.4 Å². The zero-order valence-corrected chi connectivity index (χ0v) is 40.5. The van der Waals surface area contributed by atoms with Gasteiger partial charge in [-0.1, -0.05) is 37.1 Å². The van der Waals surface area contributed by atoms with Crippen LogP contribution in [0.4, 0.5) is 30.2 Å². The number of carbonyl (C=O) groups excluding carboxylic acids is 2. The van der Waals surface area contributed by atoms with Gasteiger partial charge in [-0.05, 0) is 103 Å². The molecular formula is C49H54ClF3N8O8S. The Labute approximate surface area is 408 Å². The van der Waals surface area contributed by atoms with Crippen LogP contribution in [-0.2, 0) is 25.7 Å². The fraction of sp³-hybridized carbons (Fsp3) is 0.408. The van der Waals surface area contributed by atoms with Crippen molar-refractivity contribution in [3.05, 3.63) is 117 Å². The SMILES string of the molecule is COCC(=O)N1CCCC(CNc2ccc(S(=O)(=O)NC(=O)c3ccc(N4CCN(CC5=C(c6ccc(C(F)(F)F)cc6Cl)CC(C)(C)CC5)CC4)cc3Oc3cnc4[nH]ccc4c3)cc2[N+](=O)[O-])C1. The van der Waals surface area contributed by atoms with Gasteiger partial charge in [0.05, 0.1) is 27.1 Å². The van der Waals surface area contributed by atoms with Crippen molar-refractivity contribution in [2.24, 2.45) is 11.3 Å². The molecule has 70 heavy (non-hydrogen) atoms. The minimum Gasteiger partial charge on any atom is -0.455 e. The van der Waals surface area contributed by atoms with E-state index in [0.717, 1.165) is 60.4 Å². The van der Waals surface area contributed by atoms with E-state index in [-0.39, 0.29) is 51.6 Å². The van der Waals surface area contributed by atoms with E-state index in [1.165, 1.54) is 37.6 Å². The molecule has 3 N–H and O–H groups in total. The van der Waals surface area contributed by atoms with Crippen molar-refractivity contribution in [1.82, 2.24) is 24.5 Å². The van der Waals surface area contributed by atoms with Crippen LogP contribution < -0.4 is 19.7 Å². The largest absolute Gasteiger partial charge is 0.455 e. The molecule has 3 aliphatic rings. The molecule has 3 aromatic carbocycles. The van der Waals surface area contributed by atoms with Crippen LogP contribution in [0.3, 0.4) is 0 Å². The summed E-state index contributed by atoms with van der Waals surface area (Å²) >= 11 is 6.54. The van der Waals surface area contributed by atoms with Crippen LogP contribution in [0.2, 0.25) is 5.02 Å². The Kier molecular flexibility index (Phi) is 14.8. The number of hydrogen-bond acceptors (Lipinski definition) is 12. The van der Waals surface area contributed by atoms with E-state index < -0.39 is 43.2 Å². The Morgan fingerprint density at radius 1 is 1.03 bits per heavy atom. The number of fused-ring (bicyclic) bond motifs is 1. The number of H-pyrrole nitrogens is 1. The zero-order chi connectivity index (χ0) is 50.0. The highest BCUT2D eigenvalue weighted by atomic mass is 35.5. The van der Waals surface area contributed by atoms with Gasteiger partial charge in [-0.3, -0.25) is 24.6 Å². The molecule has 1 aliphatic carbocycles. The Morgan fingerprint density at radius 2 is 1.81 bits per heavy atom. The smallest absolute Gasteiger partial charge is 0.416 e. The number of hydrogen-bond donors (Lipinski definition) is 3. The predicted octanol–water partition coefficient (Wildman–Crippen LogP) is 9.14. The first-order valence-corrected chi connectivity index (χ1v) is 24.8. The van der Waals surface area contributed by atoms with Gasteiger partial charge < -0.3 is 29.6 Å². The Bertz CT molecular complexity index is 2940. The minimum atomic E-state index is -4.67. The fourth-order valence-corrected chi connectivity index (χ4v) is 10.7. The molecule has 21 heteroatoms. The molecule has 2 aromatic heterocycles. The molecule has 1 atom stereocenters. The van der Waals surface area contributed by atoms with Crippen molar-refractivity contribution >= 4 is 67.1 Å². The van der Waals surface area contributed by atoms with Crippen LogP contribution in [-0.4, -0.2) is 111 Å². The number of carbonyl (C=O) groups is 2. The lowest BCUT2D eigenvalue weighted by molar-refractivity contribution is -0.384. The first-order chi connectivity index (χ1) is 33.3. The molecule has 8 rings (SSSR count). The number of pyridine rings is 1. The highest BCUT2D eigenvalue weighted by Gasteiger charge is 2.34. The number of aromatic nitrogens is 2. The summed E-state index contributed by atoms with van der Waals surface area (Å²) in [6, 6.07) is 15.2. The number of piperidine rings is 1. The molecule has 0 spiro atoms. The van der Waals surface area contributed by atoms with Gasteiger partial charge >= 0.3 is 6.18 Å². The summed E-state index contributed by atoms with van der Waals surface area (Å²) in [5.74, 6) is -0.880. The monoisotopic (exact) mass is 1010 g/mol. The van der Waals surface area contributed by atoms with E-state index in [2.05, 4.69) is 43.7 Å². The number of allylic oxidation sites excluding steroid dienone is 1. The zero-order valence-electron chi connectivity index (χ0n) is 38.9. The number of nitro benzene ring substituents is 1. The van der Waals surface area contributed by atoms with E-state index in [0.29, 0.717) is 75.7 Å². The quantitative estimate of drug-likeness (QED) is 0.0667. The molecule has 0 saturated carbocycles. The molecule has 2 fully saturated rings. The maximum Gasteiger partial charge on any atom is 0.416 e. The number of piperazine rings is 1. The Morgan fingerprint density at radius 3 is 2.54 bits per heavy atom. The van der Waals surface area contributed by atoms with Gasteiger partial charge in [0.1, 0.15) is 29.4 Å². The Hall–Kier alpha value is -6.22. The molecule has 1 unspecified atom stereocenters. The highest BCUT2D eigenvalue weighted by Crippen LogP contribution is 2.46. The number of alkyl halides is 3. The lowest BCUT2D eigenvalue weighted by Crippen LogP contribution is -2.47. The number of nitrogens with zero attached hydrogens (tertiary/aromatic N) is 5. The van der Waals surface area contributed by atoms with Gasteiger partial charge in [-0.25, -0.2) is 18.1 Å². The van der Waals surface area contributed by atoms with Crippen molar-refractivity contribution in [2.45, 2.75) is 57.0 Å². The van der Waals surface area contributed by atoms with Crippen LogP contribution in [0.5, 0.6) is 11.5 Å². The summed E-state index contributed by atoms with van der Waals surface area (Å²) in [6.45, 7) is 8.62. The number of aromatic amines is 1. The average molecular weight is 1010 g/mol. The van der Waals surface area contributed by atoms with E-state index in [1.807, 2.05) is 0 Å². The van der Waals surface area contributed by atoms with Gasteiger partial charge in [0.15, 0.2) is 0 Å². The van der Waals surface area contributed by atoms with Gasteiger partial charge in [0, 0.05) is 93.9 Å². The van der Waals surface area contributed by atoms with Gasteiger partial charge in [-0.2, -0.15) is 13.2 Å². The average Bonchev–Trinajstić information content (AvgIpc) is 3.79. The maximum atomic E-state index is 14.0. The summed E-state index contributed by atoms with van der Waals surface area (Å²) in [6.07, 6.45) is 2.59. The standard InChI is InChI=1S/C49H54ClF3N8O8S/c1-48(2)14-12-33(40(25-48)38-9-6-34(22-41(38)50)49(51,52)53)29-58-17-19-59(20-18-58)35-7-10-39(44(23-35)69-36-21-32-13-15-54-46(32)56-27-36)47(63)57-70(66,67)37-8-11-42(43(24-37)61(64)65)55-26-31-5-4-16-60(28-31)45(62)30-68-3/h6-11,13,15,21-24,27,31,55H,4-5,12,14,16-20,25-26,28-30H2,1-3H3,(H,54,56)(H,57,63). The van der Waals surface area contributed by atoms with Gasteiger partial charge in [-0.15, -0.1) is 0 Å². The third-order valence-electron chi connectivity index (χ3n) is 13.2. The lowest BCUT2D eigenvalue weighted by atomic mass is 9.72. The number of anilines is 2. The maximum absolute atomic E-state index is 14.0. The topological polar surface area (TPSA) is 192 Å². The molecule has 2 aliphatic heterocycles. The molecule has 2 amide bonds. The number of halogens is 4. The van der Waals surface area contributed by atoms with Crippen LogP contribution in [0.15, 0.2) is 89.6 Å². The van der Waals surface area contributed by atoms with Crippen molar-refractivity contribution in [3.8, 4) is 11.5 Å². The highest BCUT2D eigenvalue weighted by molar-refractivity contribution is 7.90. The number of nitrogens with one attached hydrogen (secondary N) is 3. The number of methoxy groups -OCH3 is 1. The van der Waals surface area contributed by atoms with Crippen LogP contribution in [0.1, 0.15) is 67.4 Å². The lowest BCUT2D eigenvalue weighted by Gasteiger charge is -2.39. The molecule has 2 saturated heterocycles. The van der Waals surface area contributed by atoms with Crippen molar-refractivity contribution in [3.63, 3.8) is 0 Å². The van der Waals surface area contributed by atoms with E-state index in [4.69, 9.17) is 21.1 Å². The molecular weight excluding hydrogens is 953 g/mol. The van der Waals surface area contributed by atoms with Crippen LogP contribution >= 0.6 is 11.6 Å². The number of benzene rings is 3. The first kappa shape index (κ1) is 50.2. The molecule has 0 bridgehead atoms. The fourth-order valence-electron chi connectivity index (χ4n) is 9.39. The second-order valence-corrected chi connectivity index (χ2v) is 20.9. The normalized spacial score (nSPS) is 18.0. The number of likely N-dealkylation sites (tertiary alicyclic amines) is 1. The summed E-state index contributed by atoms with van der Waals surface area (Å²) < 4.78 is 81.5. The third-order valence-corrected chi connectivity index (χ3v) is 14.8. The molecule has 5 aromatic rings. The van der Waals surface area contributed by atoms with Crippen molar-refractivity contribution < 1.29 is 45.6 Å².